The summed E-state index contributed by atoms with van der Waals surface area (Å²) in [7, 11) is 1.84. The van der Waals surface area contributed by atoms with Crippen LogP contribution in [0, 0.1) is 6.92 Å². The van der Waals surface area contributed by atoms with Crippen LogP contribution in [-0.2, 0) is 13.5 Å². The fraction of sp³-hybridized carbons (Fsp3) is 0.364. The zero-order valence-electron chi connectivity index (χ0n) is 9.46. The summed E-state index contributed by atoms with van der Waals surface area (Å²) in [6, 6.07) is 3.89. The Kier molecular flexibility index (Phi) is 2.96. The number of nitrogens with two attached hydrogens (primary N) is 1. The van der Waals surface area contributed by atoms with Crippen LogP contribution in [0.4, 0.5) is 0 Å². The van der Waals surface area contributed by atoms with Gasteiger partial charge in [-0.15, -0.1) is 5.10 Å². The Bertz CT molecular complexity index is 459. The Balaban J connectivity index is 2.08. The van der Waals surface area contributed by atoms with Crippen molar-refractivity contribution < 1.29 is 0 Å². The van der Waals surface area contributed by atoms with Crippen molar-refractivity contribution in [1.82, 2.24) is 20.0 Å². The highest BCUT2D eigenvalue weighted by Crippen LogP contribution is 2.13. The van der Waals surface area contributed by atoms with Crippen LogP contribution in [-0.4, -0.2) is 20.0 Å². The maximum atomic E-state index is 6.07. The third-order valence-corrected chi connectivity index (χ3v) is 2.44. The normalized spacial score (nSPS) is 12.7. The van der Waals surface area contributed by atoms with Crippen molar-refractivity contribution in [3.05, 3.63) is 41.5 Å². The van der Waals surface area contributed by atoms with E-state index in [1.54, 1.807) is 4.68 Å². The number of hydrogen-bond acceptors (Lipinski definition) is 4. The molecule has 1 unspecified atom stereocenters. The summed E-state index contributed by atoms with van der Waals surface area (Å²) in [5.41, 5.74) is 8.99. The molecule has 0 saturated heterocycles. The molecular formula is C11H15N5. The molecule has 0 spiro atoms. The van der Waals surface area contributed by atoms with Gasteiger partial charge in [-0.25, -0.2) is 0 Å². The van der Waals surface area contributed by atoms with Crippen LogP contribution in [0.25, 0.3) is 0 Å². The van der Waals surface area contributed by atoms with Crippen LogP contribution in [0.1, 0.15) is 23.0 Å². The smallest absolute Gasteiger partial charge is 0.0845 e. The highest BCUT2D eigenvalue weighted by atomic mass is 15.4. The highest BCUT2D eigenvalue weighted by Gasteiger charge is 2.09. The molecule has 5 heteroatoms. The van der Waals surface area contributed by atoms with Gasteiger partial charge in [-0.05, 0) is 18.6 Å². The van der Waals surface area contributed by atoms with Gasteiger partial charge < -0.3 is 5.73 Å². The van der Waals surface area contributed by atoms with Crippen LogP contribution in [0.15, 0.2) is 24.5 Å². The first-order valence-electron chi connectivity index (χ1n) is 5.18. The second-order valence-electron chi connectivity index (χ2n) is 3.93. The predicted octanol–water partition coefficient (Wildman–Crippen LogP) is 0.761. The van der Waals surface area contributed by atoms with E-state index in [0.29, 0.717) is 6.42 Å². The van der Waals surface area contributed by atoms with E-state index >= 15 is 0 Å². The van der Waals surface area contributed by atoms with Gasteiger partial charge in [-0.2, -0.15) is 0 Å². The molecule has 0 aromatic carbocycles. The van der Waals surface area contributed by atoms with Crippen LogP contribution in [0.5, 0.6) is 0 Å². The van der Waals surface area contributed by atoms with Crippen molar-refractivity contribution in [2.24, 2.45) is 12.8 Å². The summed E-state index contributed by atoms with van der Waals surface area (Å²) in [6.45, 7) is 1.96. The lowest BCUT2D eigenvalue weighted by molar-refractivity contribution is 0.691. The molecule has 2 rings (SSSR count). The third-order valence-electron chi connectivity index (χ3n) is 2.44. The van der Waals surface area contributed by atoms with E-state index in [1.165, 1.54) is 0 Å². The van der Waals surface area contributed by atoms with Gasteiger partial charge in [0.05, 0.1) is 5.69 Å². The molecule has 0 aliphatic rings. The minimum atomic E-state index is -0.0789. The molecule has 2 N–H and O–H groups in total. The second kappa shape index (κ2) is 4.40. The van der Waals surface area contributed by atoms with Gasteiger partial charge in [0, 0.05) is 37.6 Å². The molecule has 0 amide bonds. The van der Waals surface area contributed by atoms with Gasteiger partial charge in [0.15, 0.2) is 0 Å². The monoisotopic (exact) mass is 217 g/mol. The van der Waals surface area contributed by atoms with Gasteiger partial charge in [0.25, 0.3) is 0 Å². The van der Waals surface area contributed by atoms with Gasteiger partial charge in [0.1, 0.15) is 0 Å². The Morgan fingerprint density at radius 2 is 2.25 bits per heavy atom. The van der Waals surface area contributed by atoms with Crippen molar-refractivity contribution in [2.75, 3.05) is 0 Å². The lowest BCUT2D eigenvalue weighted by Gasteiger charge is -2.09. The van der Waals surface area contributed by atoms with Crippen molar-refractivity contribution in [3.8, 4) is 0 Å². The average Bonchev–Trinajstić information content (AvgIpc) is 2.65. The number of aryl methyl sites for hydroxylation is 2. The number of hydrogen-bond donors (Lipinski definition) is 1. The third kappa shape index (κ3) is 2.43. The van der Waals surface area contributed by atoms with Crippen LogP contribution >= 0.6 is 0 Å². The van der Waals surface area contributed by atoms with E-state index in [0.717, 1.165) is 17.0 Å². The molecule has 84 valence electrons. The van der Waals surface area contributed by atoms with Crippen molar-refractivity contribution in [2.45, 2.75) is 19.4 Å². The molecule has 0 bridgehead atoms. The van der Waals surface area contributed by atoms with E-state index < -0.39 is 0 Å². The maximum Gasteiger partial charge on any atom is 0.0845 e. The number of pyridine rings is 1. The first-order chi connectivity index (χ1) is 7.65. The first-order valence-corrected chi connectivity index (χ1v) is 5.18. The second-order valence-corrected chi connectivity index (χ2v) is 3.93. The minimum Gasteiger partial charge on any atom is -0.324 e. The summed E-state index contributed by atoms with van der Waals surface area (Å²) < 4.78 is 1.68. The van der Waals surface area contributed by atoms with Gasteiger partial charge in [-0.1, -0.05) is 11.3 Å². The molecule has 2 aromatic rings. The van der Waals surface area contributed by atoms with Crippen molar-refractivity contribution >= 4 is 0 Å². The molecule has 0 fully saturated rings. The van der Waals surface area contributed by atoms with E-state index in [-0.39, 0.29) is 6.04 Å². The summed E-state index contributed by atoms with van der Waals surface area (Å²) in [5.74, 6) is 0. The quantitative estimate of drug-likeness (QED) is 0.824. The minimum absolute atomic E-state index is 0.0789. The van der Waals surface area contributed by atoms with E-state index in [1.807, 2.05) is 38.5 Å². The van der Waals surface area contributed by atoms with Crippen LogP contribution in [0.2, 0.25) is 0 Å². The fourth-order valence-electron chi connectivity index (χ4n) is 1.53. The molecule has 0 aliphatic heterocycles. The Morgan fingerprint density at radius 1 is 1.44 bits per heavy atom. The predicted molar refractivity (Wildman–Crippen MR) is 60.6 cm³/mol. The van der Waals surface area contributed by atoms with Gasteiger partial charge >= 0.3 is 0 Å². The lowest BCUT2D eigenvalue weighted by atomic mass is 10.1. The highest BCUT2D eigenvalue weighted by molar-refractivity contribution is 5.18. The summed E-state index contributed by atoms with van der Waals surface area (Å²) in [4.78, 5) is 4.23. The van der Waals surface area contributed by atoms with Crippen molar-refractivity contribution in [1.29, 1.82) is 0 Å². The molecule has 2 heterocycles. The van der Waals surface area contributed by atoms with E-state index in [2.05, 4.69) is 15.3 Å². The molecule has 0 aliphatic carbocycles. The molecule has 0 radical (unpaired) electrons. The Morgan fingerprint density at radius 3 is 2.81 bits per heavy atom. The molecular weight excluding hydrogens is 202 g/mol. The van der Waals surface area contributed by atoms with Crippen LogP contribution < -0.4 is 5.73 Å². The lowest BCUT2D eigenvalue weighted by Crippen LogP contribution is -2.14. The molecule has 5 nitrogen and oxygen atoms in total. The summed E-state index contributed by atoms with van der Waals surface area (Å²) in [6.07, 6.45) is 4.37. The van der Waals surface area contributed by atoms with Gasteiger partial charge in [0.2, 0.25) is 0 Å². The number of nitrogens with zero attached hydrogens (tertiary/aromatic N) is 4. The Hall–Kier alpha value is -1.75. The summed E-state index contributed by atoms with van der Waals surface area (Å²) in [5, 5.41) is 7.88. The molecule has 2 aromatic heterocycles. The van der Waals surface area contributed by atoms with Gasteiger partial charge in [-0.3, -0.25) is 9.67 Å². The standard InChI is InChI=1S/C11H15N5/c1-8-3-4-9(6-13-8)11(12)5-10-7-16(2)15-14-10/h3-4,6-7,11H,5,12H2,1-2H3. The number of rotatable bonds is 3. The number of aromatic nitrogens is 4. The van der Waals surface area contributed by atoms with Crippen LogP contribution in [0.3, 0.4) is 0 Å². The molecule has 16 heavy (non-hydrogen) atoms. The Labute approximate surface area is 94.3 Å². The molecule has 1 atom stereocenters. The first kappa shape index (κ1) is 10.8. The SMILES string of the molecule is Cc1ccc(C(N)Cc2cn(C)nn2)cn1. The largest absolute Gasteiger partial charge is 0.324 e. The zero-order chi connectivity index (χ0) is 11.5. The summed E-state index contributed by atoms with van der Waals surface area (Å²) >= 11 is 0. The fourth-order valence-corrected chi connectivity index (χ4v) is 1.53. The average molecular weight is 217 g/mol. The zero-order valence-corrected chi connectivity index (χ0v) is 9.46. The molecule has 0 saturated carbocycles. The van der Waals surface area contributed by atoms with E-state index in [4.69, 9.17) is 5.73 Å². The topological polar surface area (TPSA) is 69.6 Å². The van der Waals surface area contributed by atoms with E-state index in [9.17, 15) is 0 Å². The maximum absolute atomic E-state index is 6.07. The van der Waals surface area contributed by atoms with Crippen molar-refractivity contribution in [3.63, 3.8) is 0 Å².